The average Bonchev–Trinajstić information content (AvgIpc) is 3.32. The van der Waals surface area contributed by atoms with Crippen LogP contribution in [0.5, 0.6) is 5.75 Å². The van der Waals surface area contributed by atoms with E-state index in [1.807, 2.05) is 62.4 Å². The number of para-hydroxylation sites is 2. The molecule has 0 spiro atoms. The van der Waals surface area contributed by atoms with Gasteiger partial charge in [-0.05, 0) is 42.5 Å². The number of ether oxygens (including phenoxy) is 1. The molecule has 11 nitrogen and oxygen atoms in total. The van der Waals surface area contributed by atoms with Gasteiger partial charge in [0.1, 0.15) is 11.3 Å². The van der Waals surface area contributed by atoms with Crippen molar-refractivity contribution in [3.8, 4) is 11.4 Å². The molecule has 0 bridgehead atoms. The normalized spacial score (nSPS) is 11.0. The second-order valence-corrected chi connectivity index (χ2v) is 8.37. The molecular formula is C23H21N9O2S. The molecule has 0 unspecified atom stereocenters. The summed E-state index contributed by atoms with van der Waals surface area (Å²) in [5.41, 5.74) is 2.56. The first kappa shape index (κ1) is 22.5. The average molecular weight is 488 g/mol. The SMILES string of the molecule is CCOc1cccc2c(C)nc(Nc3nc(CSc4nnnn4-c4ccccc4)cc(=O)[nH]3)nc12. The van der Waals surface area contributed by atoms with E-state index in [2.05, 4.69) is 40.8 Å². The van der Waals surface area contributed by atoms with Crippen molar-refractivity contribution in [1.29, 1.82) is 0 Å². The Morgan fingerprint density at radius 3 is 2.77 bits per heavy atom. The number of benzene rings is 2. The van der Waals surface area contributed by atoms with Gasteiger partial charge in [0.05, 0.1) is 23.7 Å². The highest BCUT2D eigenvalue weighted by atomic mass is 32.2. The van der Waals surface area contributed by atoms with Crippen LogP contribution in [0.2, 0.25) is 0 Å². The zero-order valence-corrected chi connectivity index (χ0v) is 19.8. The van der Waals surface area contributed by atoms with Crippen LogP contribution >= 0.6 is 11.8 Å². The van der Waals surface area contributed by atoms with E-state index in [4.69, 9.17) is 4.74 Å². The van der Waals surface area contributed by atoms with Crippen LogP contribution < -0.4 is 15.6 Å². The number of thioether (sulfide) groups is 1. The zero-order valence-electron chi connectivity index (χ0n) is 19.0. The number of aromatic amines is 1. The zero-order chi connectivity index (χ0) is 24.2. The van der Waals surface area contributed by atoms with Crippen molar-refractivity contribution in [2.24, 2.45) is 0 Å². The van der Waals surface area contributed by atoms with E-state index < -0.39 is 0 Å². The number of hydrogen-bond acceptors (Lipinski definition) is 10. The molecule has 176 valence electrons. The van der Waals surface area contributed by atoms with Gasteiger partial charge in [0, 0.05) is 17.2 Å². The molecule has 3 heterocycles. The van der Waals surface area contributed by atoms with E-state index >= 15 is 0 Å². The summed E-state index contributed by atoms with van der Waals surface area (Å²) >= 11 is 1.37. The number of hydrogen-bond donors (Lipinski definition) is 2. The molecule has 12 heteroatoms. The molecule has 3 aromatic heterocycles. The first-order chi connectivity index (χ1) is 17.1. The van der Waals surface area contributed by atoms with E-state index in [-0.39, 0.29) is 11.5 Å². The van der Waals surface area contributed by atoms with E-state index in [0.717, 1.165) is 16.8 Å². The van der Waals surface area contributed by atoms with Gasteiger partial charge in [0.2, 0.25) is 17.1 Å². The Hall–Kier alpha value is -4.32. The van der Waals surface area contributed by atoms with Crippen LogP contribution in [0.4, 0.5) is 11.9 Å². The minimum absolute atomic E-state index is 0.239. The van der Waals surface area contributed by atoms with Gasteiger partial charge in [0.25, 0.3) is 5.56 Å². The van der Waals surface area contributed by atoms with Crippen LogP contribution in [-0.2, 0) is 5.75 Å². The molecule has 2 N–H and O–H groups in total. The van der Waals surface area contributed by atoms with Gasteiger partial charge in [-0.25, -0.2) is 15.0 Å². The van der Waals surface area contributed by atoms with Crippen molar-refractivity contribution in [1.82, 2.24) is 40.1 Å². The fraction of sp³-hybridized carbons (Fsp3) is 0.174. The largest absolute Gasteiger partial charge is 0.492 e. The number of rotatable bonds is 8. The molecule has 5 aromatic rings. The topological polar surface area (TPSA) is 136 Å². The van der Waals surface area contributed by atoms with Crippen LogP contribution in [0.25, 0.3) is 16.6 Å². The quantitative estimate of drug-likeness (QED) is 0.313. The highest BCUT2D eigenvalue weighted by Crippen LogP contribution is 2.27. The smallest absolute Gasteiger partial charge is 0.252 e. The Labute approximate surface area is 204 Å². The summed E-state index contributed by atoms with van der Waals surface area (Å²) in [6, 6.07) is 16.7. The number of fused-ring (bicyclic) bond motifs is 1. The van der Waals surface area contributed by atoms with Gasteiger partial charge >= 0.3 is 0 Å². The van der Waals surface area contributed by atoms with Crippen molar-refractivity contribution < 1.29 is 4.74 Å². The van der Waals surface area contributed by atoms with E-state index in [1.165, 1.54) is 17.8 Å². The minimum atomic E-state index is -0.298. The van der Waals surface area contributed by atoms with Crippen molar-refractivity contribution >= 4 is 34.6 Å². The van der Waals surface area contributed by atoms with Gasteiger partial charge in [-0.2, -0.15) is 4.68 Å². The summed E-state index contributed by atoms with van der Waals surface area (Å²) in [5, 5.41) is 16.4. The number of aromatic nitrogens is 8. The summed E-state index contributed by atoms with van der Waals surface area (Å²) in [7, 11) is 0. The molecule has 5 rings (SSSR count). The van der Waals surface area contributed by atoms with Gasteiger partial charge in [-0.15, -0.1) is 5.10 Å². The number of H-pyrrole nitrogens is 1. The van der Waals surface area contributed by atoms with E-state index in [9.17, 15) is 4.79 Å². The molecule has 0 amide bonds. The first-order valence-electron chi connectivity index (χ1n) is 10.8. The third-order valence-electron chi connectivity index (χ3n) is 5.00. The summed E-state index contributed by atoms with van der Waals surface area (Å²) in [5.74, 6) is 1.60. The highest BCUT2D eigenvalue weighted by molar-refractivity contribution is 7.98. The minimum Gasteiger partial charge on any atom is -0.492 e. The maximum Gasteiger partial charge on any atom is 0.252 e. The first-order valence-corrected chi connectivity index (χ1v) is 11.8. The maximum atomic E-state index is 12.3. The second-order valence-electron chi connectivity index (χ2n) is 7.43. The van der Waals surface area contributed by atoms with Crippen LogP contribution in [0, 0.1) is 6.92 Å². The molecule has 0 aliphatic heterocycles. The Balaban J connectivity index is 1.38. The third kappa shape index (κ3) is 4.96. The lowest BCUT2D eigenvalue weighted by atomic mass is 10.2. The monoisotopic (exact) mass is 487 g/mol. The lowest BCUT2D eigenvalue weighted by molar-refractivity contribution is 0.343. The molecule has 0 saturated heterocycles. The maximum absolute atomic E-state index is 12.3. The van der Waals surface area contributed by atoms with Crippen LogP contribution in [0.15, 0.2) is 64.5 Å². The fourth-order valence-electron chi connectivity index (χ4n) is 3.49. The number of anilines is 2. The lowest BCUT2D eigenvalue weighted by Gasteiger charge is -2.11. The number of tetrazole rings is 1. The Morgan fingerprint density at radius 2 is 1.94 bits per heavy atom. The molecule has 0 saturated carbocycles. The van der Waals surface area contributed by atoms with Crippen molar-refractivity contribution in [3.05, 3.63) is 76.3 Å². The third-order valence-corrected chi connectivity index (χ3v) is 5.95. The van der Waals surface area contributed by atoms with Crippen LogP contribution in [-0.4, -0.2) is 46.8 Å². The van der Waals surface area contributed by atoms with E-state index in [0.29, 0.717) is 40.4 Å². The van der Waals surface area contributed by atoms with Crippen molar-refractivity contribution in [2.45, 2.75) is 24.8 Å². The summed E-state index contributed by atoms with van der Waals surface area (Å²) < 4.78 is 7.35. The molecular weight excluding hydrogens is 466 g/mol. The van der Waals surface area contributed by atoms with Gasteiger partial charge in [0.15, 0.2) is 0 Å². The molecule has 0 aliphatic rings. The Kier molecular flexibility index (Phi) is 6.35. The summed E-state index contributed by atoms with van der Waals surface area (Å²) in [4.78, 5) is 28.6. The van der Waals surface area contributed by atoms with Crippen LogP contribution in [0.1, 0.15) is 18.3 Å². The molecule has 0 aliphatic carbocycles. The summed E-state index contributed by atoms with van der Waals surface area (Å²) in [6.45, 7) is 4.33. The number of nitrogens with zero attached hydrogens (tertiary/aromatic N) is 7. The van der Waals surface area contributed by atoms with Gasteiger partial charge in [-0.3, -0.25) is 15.1 Å². The molecule has 2 aromatic carbocycles. The Bertz CT molecular complexity index is 1540. The van der Waals surface area contributed by atoms with E-state index in [1.54, 1.807) is 4.68 Å². The molecule has 0 atom stereocenters. The highest BCUT2D eigenvalue weighted by Gasteiger charge is 2.13. The molecule has 35 heavy (non-hydrogen) atoms. The fourth-order valence-corrected chi connectivity index (χ4v) is 4.28. The summed E-state index contributed by atoms with van der Waals surface area (Å²) in [6.07, 6.45) is 0. The number of nitrogens with one attached hydrogen (secondary N) is 2. The second kappa shape index (κ2) is 9.89. The predicted molar refractivity (Wildman–Crippen MR) is 132 cm³/mol. The van der Waals surface area contributed by atoms with Crippen molar-refractivity contribution in [2.75, 3.05) is 11.9 Å². The number of aryl methyl sites for hydroxylation is 1. The van der Waals surface area contributed by atoms with Gasteiger partial charge in [-0.1, -0.05) is 42.1 Å². The van der Waals surface area contributed by atoms with Gasteiger partial charge < -0.3 is 4.74 Å². The standard InChI is InChI=1S/C23H21N9O2S/c1-3-34-18-11-7-10-17-14(2)24-21(27-20(17)18)28-22-25-15(12-19(33)26-22)13-35-23-29-30-31-32(23)16-8-5-4-6-9-16/h4-12H,3,13H2,1-2H3,(H2,24,25,26,27,28,33). The Morgan fingerprint density at radius 1 is 1.09 bits per heavy atom. The van der Waals surface area contributed by atoms with Crippen LogP contribution in [0.3, 0.4) is 0 Å². The van der Waals surface area contributed by atoms with Crippen molar-refractivity contribution in [3.63, 3.8) is 0 Å². The molecule has 0 radical (unpaired) electrons. The molecule has 0 fully saturated rings. The predicted octanol–water partition coefficient (Wildman–Crippen LogP) is 3.43. The lowest BCUT2D eigenvalue weighted by Crippen LogP contribution is -2.13.